The third kappa shape index (κ3) is 8.50. The second-order valence-corrected chi connectivity index (χ2v) is 8.22. The summed E-state index contributed by atoms with van der Waals surface area (Å²) in [6.45, 7) is 6.68. The van der Waals surface area contributed by atoms with Gasteiger partial charge in [0.15, 0.2) is 5.96 Å². The molecule has 3 N–H and O–H groups in total. The van der Waals surface area contributed by atoms with Crippen LogP contribution in [-0.4, -0.2) is 43.9 Å². The average Bonchev–Trinajstić information content (AvgIpc) is 2.78. The van der Waals surface area contributed by atoms with Gasteiger partial charge in [-0.3, -0.25) is 0 Å². The van der Waals surface area contributed by atoms with Gasteiger partial charge in [-0.2, -0.15) is 0 Å². The minimum absolute atomic E-state index is 0. The third-order valence-electron chi connectivity index (χ3n) is 5.53. The Morgan fingerprint density at radius 2 is 1.84 bits per heavy atom. The number of piperidine rings is 1. The van der Waals surface area contributed by atoms with Gasteiger partial charge in [0.25, 0.3) is 0 Å². The number of aliphatic hydroxyl groups excluding tert-OH is 1. The number of rotatable bonds is 8. The van der Waals surface area contributed by atoms with Crippen molar-refractivity contribution in [1.82, 2.24) is 10.6 Å². The van der Waals surface area contributed by atoms with Crippen LogP contribution in [0.1, 0.15) is 30.9 Å². The molecular formula is C24H34ClIN4O. The first-order valence-electron chi connectivity index (χ1n) is 10.9. The highest BCUT2D eigenvalue weighted by Gasteiger charge is 2.18. The van der Waals surface area contributed by atoms with E-state index in [0.29, 0.717) is 19.1 Å². The van der Waals surface area contributed by atoms with Gasteiger partial charge in [0, 0.05) is 43.5 Å². The number of halogens is 2. The minimum atomic E-state index is 0. The van der Waals surface area contributed by atoms with E-state index in [1.807, 2.05) is 18.2 Å². The molecule has 1 heterocycles. The highest BCUT2D eigenvalue weighted by atomic mass is 127. The molecule has 1 fully saturated rings. The fourth-order valence-electron chi connectivity index (χ4n) is 3.72. The molecule has 2 aromatic carbocycles. The maximum atomic E-state index is 9.30. The Kier molecular flexibility index (Phi) is 11.5. The van der Waals surface area contributed by atoms with Crippen molar-refractivity contribution in [1.29, 1.82) is 0 Å². The van der Waals surface area contributed by atoms with Crippen LogP contribution < -0.4 is 15.5 Å². The number of guanidine groups is 1. The Hall–Kier alpha value is -1.51. The number of hydrogen-bond donors (Lipinski definition) is 3. The fourth-order valence-corrected chi connectivity index (χ4v) is 3.93. The topological polar surface area (TPSA) is 59.9 Å². The molecule has 7 heteroatoms. The van der Waals surface area contributed by atoms with E-state index in [1.165, 1.54) is 16.8 Å². The van der Waals surface area contributed by atoms with Crippen LogP contribution in [-0.2, 0) is 13.0 Å². The van der Waals surface area contributed by atoms with Crippen LogP contribution in [0.3, 0.4) is 0 Å². The lowest BCUT2D eigenvalue weighted by molar-refractivity contribution is 0.203. The van der Waals surface area contributed by atoms with Crippen LogP contribution in [0.5, 0.6) is 0 Å². The van der Waals surface area contributed by atoms with Gasteiger partial charge < -0.3 is 20.6 Å². The predicted octanol–water partition coefficient (Wildman–Crippen LogP) is 4.46. The van der Waals surface area contributed by atoms with E-state index in [-0.39, 0.29) is 24.0 Å². The van der Waals surface area contributed by atoms with Crippen LogP contribution >= 0.6 is 35.6 Å². The standard InChI is InChI=1S/C24H33ClN4O.HI/c1-2-26-24(27-13-10-19-4-3-5-22(25)16-19)28-17-20-6-8-23(9-7-20)29-14-11-21(18-30)12-15-29;/h3-9,16,21,30H,2,10-15,17-18H2,1H3,(H2,26,27,28);1H. The number of aliphatic imine (C=N–C) groups is 1. The van der Waals surface area contributed by atoms with Crippen LogP contribution in [0, 0.1) is 5.92 Å². The summed E-state index contributed by atoms with van der Waals surface area (Å²) in [6.07, 6.45) is 3.03. The van der Waals surface area contributed by atoms with Crippen molar-refractivity contribution < 1.29 is 5.11 Å². The van der Waals surface area contributed by atoms with Crippen molar-refractivity contribution in [2.24, 2.45) is 10.9 Å². The molecule has 1 aliphatic heterocycles. The smallest absolute Gasteiger partial charge is 0.191 e. The fraction of sp³-hybridized carbons (Fsp3) is 0.458. The Morgan fingerprint density at radius 1 is 1.10 bits per heavy atom. The maximum Gasteiger partial charge on any atom is 0.191 e. The van der Waals surface area contributed by atoms with E-state index in [4.69, 9.17) is 16.6 Å². The molecule has 0 atom stereocenters. The molecule has 0 amide bonds. The summed E-state index contributed by atoms with van der Waals surface area (Å²) in [7, 11) is 0. The summed E-state index contributed by atoms with van der Waals surface area (Å²) in [4.78, 5) is 7.13. The molecule has 0 aromatic heterocycles. The normalized spacial score (nSPS) is 14.8. The molecule has 2 aromatic rings. The van der Waals surface area contributed by atoms with Crippen molar-refractivity contribution in [3.8, 4) is 0 Å². The highest BCUT2D eigenvalue weighted by Crippen LogP contribution is 2.23. The zero-order valence-electron chi connectivity index (χ0n) is 18.2. The quantitative estimate of drug-likeness (QED) is 0.255. The number of benzene rings is 2. The Bertz CT molecular complexity index is 807. The van der Waals surface area contributed by atoms with Gasteiger partial charge in [0.2, 0.25) is 0 Å². The van der Waals surface area contributed by atoms with Crippen molar-refractivity contribution in [2.45, 2.75) is 32.7 Å². The van der Waals surface area contributed by atoms with Crippen LogP contribution in [0.25, 0.3) is 0 Å². The second-order valence-electron chi connectivity index (χ2n) is 7.78. The molecule has 5 nitrogen and oxygen atoms in total. The molecule has 0 saturated carbocycles. The number of aliphatic hydroxyl groups is 1. The first-order chi connectivity index (χ1) is 14.7. The Labute approximate surface area is 208 Å². The van der Waals surface area contributed by atoms with E-state index < -0.39 is 0 Å². The van der Waals surface area contributed by atoms with Crippen LogP contribution in [0.4, 0.5) is 5.69 Å². The van der Waals surface area contributed by atoms with Gasteiger partial charge in [-0.1, -0.05) is 35.9 Å². The van der Waals surface area contributed by atoms with Gasteiger partial charge in [-0.05, 0) is 67.5 Å². The third-order valence-corrected chi connectivity index (χ3v) is 5.77. The summed E-state index contributed by atoms with van der Waals surface area (Å²) in [6, 6.07) is 16.7. The number of anilines is 1. The molecular weight excluding hydrogens is 523 g/mol. The Balaban J connectivity index is 0.00000341. The molecule has 170 valence electrons. The summed E-state index contributed by atoms with van der Waals surface area (Å²) in [5, 5.41) is 16.8. The lowest BCUT2D eigenvalue weighted by Gasteiger charge is -2.32. The molecule has 1 saturated heterocycles. The molecule has 0 spiro atoms. The largest absolute Gasteiger partial charge is 0.396 e. The van der Waals surface area contributed by atoms with Gasteiger partial charge >= 0.3 is 0 Å². The van der Waals surface area contributed by atoms with Crippen LogP contribution in [0.2, 0.25) is 5.02 Å². The van der Waals surface area contributed by atoms with Crippen molar-refractivity contribution in [3.63, 3.8) is 0 Å². The molecule has 31 heavy (non-hydrogen) atoms. The van der Waals surface area contributed by atoms with Gasteiger partial charge in [0.05, 0.1) is 6.54 Å². The van der Waals surface area contributed by atoms with E-state index >= 15 is 0 Å². The van der Waals surface area contributed by atoms with Crippen molar-refractivity contribution >= 4 is 47.2 Å². The van der Waals surface area contributed by atoms with Gasteiger partial charge in [0.1, 0.15) is 0 Å². The molecule has 0 bridgehead atoms. The first-order valence-corrected chi connectivity index (χ1v) is 11.3. The maximum absolute atomic E-state index is 9.30. The van der Waals surface area contributed by atoms with E-state index in [9.17, 15) is 5.11 Å². The number of hydrogen-bond acceptors (Lipinski definition) is 3. The van der Waals surface area contributed by atoms with Gasteiger partial charge in [-0.15, -0.1) is 24.0 Å². The number of nitrogens with one attached hydrogen (secondary N) is 2. The average molecular weight is 557 g/mol. The predicted molar refractivity (Wildman–Crippen MR) is 142 cm³/mol. The Morgan fingerprint density at radius 3 is 2.48 bits per heavy atom. The summed E-state index contributed by atoms with van der Waals surface area (Å²) >= 11 is 6.06. The summed E-state index contributed by atoms with van der Waals surface area (Å²) < 4.78 is 0. The molecule has 3 rings (SSSR count). The minimum Gasteiger partial charge on any atom is -0.396 e. The highest BCUT2D eigenvalue weighted by molar-refractivity contribution is 14.0. The number of nitrogens with zero attached hydrogens (tertiary/aromatic N) is 2. The van der Waals surface area contributed by atoms with Crippen LogP contribution in [0.15, 0.2) is 53.5 Å². The lowest BCUT2D eigenvalue weighted by Crippen LogP contribution is -2.38. The zero-order chi connectivity index (χ0) is 21.2. The summed E-state index contributed by atoms with van der Waals surface area (Å²) in [5.41, 5.74) is 3.66. The van der Waals surface area contributed by atoms with E-state index in [1.54, 1.807) is 0 Å². The van der Waals surface area contributed by atoms with Crippen molar-refractivity contribution in [2.75, 3.05) is 37.7 Å². The zero-order valence-corrected chi connectivity index (χ0v) is 21.3. The van der Waals surface area contributed by atoms with E-state index in [2.05, 4.69) is 52.8 Å². The molecule has 1 aliphatic rings. The molecule has 0 radical (unpaired) electrons. The first kappa shape index (κ1) is 25.7. The molecule has 0 aliphatic carbocycles. The second kappa shape index (κ2) is 13.8. The lowest BCUT2D eigenvalue weighted by atomic mass is 9.97. The van der Waals surface area contributed by atoms with Gasteiger partial charge in [-0.25, -0.2) is 4.99 Å². The summed E-state index contributed by atoms with van der Waals surface area (Å²) in [5.74, 6) is 1.29. The van der Waals surface area contributed by atoms with Crippen molar-refractivity contribution in [3.05, 3.63) is 64.7 Å². The van der Waals surface area contributed by atoms with E-state index in [0.717, 1.165) is 56.4 Å². The SMILES string of the molecule is CCNC(=NCc1ccc(N2CCC(CO)CC2)cc1)NCCc1cccc(Cl)c1.I. The molecule has 0 unspecified atom stereocenters. The monoisotopic (exact) mass is 556 g/mol.